The molecule has 0 aliphatic rings. The third-order valence-corrected chi connectivity index (χ3v) is 2.59. The van der Waals surface area contributed by atoms with Gasteiger partial charge in [-0.25, -0.2) is 0 Å². The van der Waals surface area contributed by atoms with Gasteiger partial charge < -0.3 is 9.88 Å². The number of rotatable bonds is 5. The molecule has 0 amide bonds. The molecule has 0 unspecified atom stereocenters. The average molecular weight is 234 g/mol. The molecule has 1 N–H and O–H groups in total. The largest absolute Gasteiger partial charge is 0.320 e. The Morgan fingerprint density at radius 1 is 1.35 bits per heavy atom. The normalized spacial score (nSPS) is 11.3. The van der Waals surface area contributed by atoms with E-state index >= 15 is 0 Å². The Bertz CT molecular complexity index is 470. The minimum Gasteiger partial charge on any atom is -0.320 e. The van der Waals surface area contributed by atoms with Gasteiger partial charge in [0.2, 0.25) is 0 Å². The monoisotopic (exact) mass is 234 g/mol. The summed E-state index contributed by atoms with van der Waals surface area (Å²) in [5.41, 5.74) is 1.04. The molecular formula is C11H18N6. The predicted molar refractivity (Wildman–Crippen MR) is 64.2 cm³/mol. The fourth-order valence-corrected chi connectivity index (χ4v) is 1.53. The Labute approximate surface area is 101 Å². The molecule has 0 saturated heterocycles. The Hall–Kier alpha value is -1.69. The molecule has 17 heavy (non-hydrogen) atoms. The summed E-state index contributed by atoms with van der Waals surface area (Å²) >= 11 is 0. The molecule has 2 rings (SSSR count). The zero-order chi connectivity index (χ0) is 12.3. The Morgan fingerprint density at radius 2 is 2.18 bits per heavy atom. The van der Waals surface area contributed by atoms with E-state index in [1.54, 1.807) is 6.33 Å². The zero-order valence-electron chi connectivity index (χ0n) is 10.5. The van der Waals surface area contributed by atoms with Crippen molar-refractivity contribution in [3.05, 3.63) is 30.1 Å². The number of nitrogens with zero attached hydrogens (tertiary/aromatic N) is 5. The first kappa shape index (κ1) is 11.8. The van der Waals surface area contributed by atoms with E-state index in [0.717, 1.165) is 18.1 Å². The quantitative estimate of drug-likeness (QED) is 0.834. The van der Waals surface area contributed by atoms with Crippen LogP contribution in [0.3, 0.4) is 0 Å². The average Bonchev–Trinajstić information content (AvgIpc) is 2.89. The van der Waals surface area contributed by atoms with Crippen LogP contribution in [0.1, 0.15) is 31.4 Å². The maximum atomic E-state index is 4.46. The molecule has 2 heterocycles. The van der Waals surface area contributed by atoms with Crippen LogP contribution in [0.4, 0.5) is 0 Å². The Kier molecular flexibility index (Phi) is 3.53. The van der Waals surface area contributed by atoms with E-state index < -0.39 is 0 Å². The van der Waals surface area contributed by atoms with E-state index in [1.807, 2.05) is 28.6 Å². The summed E-state index contributed by atoms with van der Waals surface area (Å²) in [4.78, 5) is 0. The van der Waals surface area contributed by atoms with Crippen LogP contribution in [0.15, 0.2) is 18.6 Å². The molecule has 0 saturated carbocycles. The first-order valence-corrected chi connectivity index (χ1v) is 5.74. The Balaban J connectivity index is 1.84. The molecule has 0 atom stereocenters. The van der Waals surface area contributed by atoms with Gasteiger partial charge in [-0.05, 0) is 19.9 Å². The highest BCUT2D eigenvalue weighted by molar-refractivity contribution is 4.99. The van der Waals surface area contributed by atoms with Crippen molar-refractivity contribution in [1.82, 2.24) is 29.9 Å². The molecule has 92 valence electrons. The first-order valence-electron chi connectivity index (χ1n) is 5.74. The van der Waals surface area contributed by atoms with Gasteiger partial charge in [-0.3, -0.25) is 4.68 Å². The number of hydrogen-bond acceptors (Lipinski definition) is 4. The second-order valence-electron chi connectivity index (χ2n) is 4.34. The van der Waals surface area contributed by atoms with E-state index in [1.165, 1.54) is 0 Å². The minimum absolute atomic E-state index is 0.405. The number of hydrogen-bond donors (Lipinski definition) is 1. The van der Waals surface area contributed by atoms with Crippen molar-refractivity contribution in [3.8, 4) is 0 Å². The molecule has 0 spiro atoms. The highest BCUT2D eigenvalue weighted by atomic mass is 15.3. The third kappa shape index (κ3) is 2.91. The number of aryl methyl sites for hydroxylation is 1. The highest BCUT2D eigenvalue weighted by Gasteiger charge is 2.03. The van der Waals surface area contributed by atoms with Crippen LogP contribution in [0.25, 0.3) is 0 Å². The molecule has 0 bridgehead atoms. The van der Waals surface area contributed by atoms with E-state index in [9.17, 15) is 0 Å². The summed E-state index contributed by atoms with van der Waals surface area (Å²) in [7, 11) is 1.94. The van der Waals surface area contributed by atoms with Crippen LogP contribution >= 0.6 is 0 Å². The van der Waals surface area contributed by atoms with Gasteiger partial charge >= 0.3 is 0 Å². The lowest BCUT2D eigenvalue weighted by molar-refractivity contribution is 0.520. The van der Waals surface area contributed by atoms with E-state index in [0.29, 0.717) is 12.6 Å². The maximum absolute atomic E-state index is 4.46. The lowest BCUT2D eigenvalue weighted by Crippen LogP contribution is -2.16. The lowest BCUT2D eigenvalue weighted by atomic mass is 10.4. The van der Waals surface area contributed by atoms with Gasteiger partial charge in [0.25, 0.3) is 0 Å². The topological polar surface area (TPSA) is 60.6 Å². The van der Waals surface area contributed by atoms with Gasteiger partial charge in [-0.15, -0.1) is 10.2 Å². The molecule has 6 nitrogen and oxygen atoms in total. The molecule has 0 aliphatic heterocycles. The number of nitrogens with one attached hydrogen (secondary N) is 1. The molecule has 0 aromatic carbocycles. The smallest absolute Gasteiger partial charge is 0.146 e. The number of aromatic nitrogens is 5. The van der Waals surface area contributed by atoms with Crippen LogP contribution in [-0.4, -0.2) is 24.5 Å². The van der Waals surface area contributed by atoms with Crippen molar-refractivity contribution in [2.24, 2.45) is 7.05 Å². The van der Waals surface area contributed by atoms with Gasteiger partial charge in [-0.2, -0.15) is 5.10 Å². The summed E-state index contributed by atoms with van der Waals surface area (Å²) in [6.45, 7) is 5.67. The zero-order valence-corrected chi connectivity index (χ0v) is 10.5. The van der Waals surface area contributed by atoms with Gasteiger partial charge in [0.1, 0.15) is 12.2 Å². The summed E-state index contributed by atoms with van der Waals surface area (Å²) in [5.74, 6) is 0.924. The second kappa shape index (κ2) is 5.09. The molecule has 0 aliphatic carbocycles. The fraction of sp³-hybridized carbons (Fsp3) is 0.545. The van der Waals surface area contributed by atoms with Crippen LogP contribution in [0.2, 0.25) is 0 Å². The lowest BCUT2D eigenvalue weighted by Gasteiger charge is -2.04. The van der Waals surface area contributed by atoms with Crippen molar-refractivity contribution in [3.63, 3.8) is 0 Å². The summed E-state index contributed by atoms with van der Waals surface area (Å²) in [6, 6.07) is 2.44. The van der Waals surface area contributed by atoms with Gasteiger partial charge in [0.15, 0.2) is 0 Å². The second-order valence-corrected chi connectivity index (χ2v) is 4.34. The van der Waals surface area contributed by atoms with Crippen molar-refractivity contribution in [2.45, 2.75) is 33.0 Å². The fourth-order valence-electron chi connectivity index (χ4n) is 1.53. The summed E-state index contributed by atoms with van der Waals surface area (Å²) in [6.07, 6.45) is 3.70. The van der Waals surface area contributed by atoms with Crippen LogP contribution < -0.4 is 5.32 Å². The van der Waals surface area contributed by atoms with Crippen molar-refractivity contribution < 1.29 is 0 Å². The predicted octanol–water partition coefficient (Wildman–Crippen LogP) is 0.882. The molecule has 0 fully saturated rings. The van der Waals surface area contributed by atoms with Crippen LogP contribution in [0, 0.1) is 0 Å². The van der Waals surface area contributed by atoms with Crippen molar-refractivity contribution in [1.29, 1.82) is 0 Å². The SMILES string of the molecule is CC(C)n1ccc(CNCc2nncn2C)n1. The van der Waals surface area contributed by atoms with Gasteiger partial charge in [-0.1, -0.05) is 0 Å². The molecule has 2 aromatic heterocycles. The van der Waals surface area contributed by atoms with Gasteiger partial charge in [0, 0.05) is 25.8 Å². The molecular weight excluding hydrogens is 216 g/mol. The van der Waals surface area contributed by atoms with Crippen molar-refractivity contribution >= 4 is 0 Å². The van der Waals surface area contributed by atoms with E-state index in [2.05, 4.69) is 34.5 Å². The Morgan fingerprint density at radius 3 is 2.76 bits per heavy atom. The molecule has 0 radical (unpaired) electrons. The minimum atomic E-state index is 0.405. The molecule has 2 aromatic rings. The standard InChI is InChI=1S/C11H18N6/c1-9(2)17-5-4-10(15-17)6-12-7-11-14-13-8-16(11)3/h4-5,8-9,12H,6-7H2,1-3H3. The van der Waals surface area contributed by atoms with Crippen molar-refractivity contribution in [2.75, 3.05) is 0 Å². The highest BCUT2D eigenvalue weighted by Crippen LogP contribution is 2.04. The summed E-state index contributed by atoms with van der Waals surface area (Å²) < 4.78 is 3.86. The van der Waals surface area contributed by atoms with E-state index in [4.69, 9.17) is 0 Å². The third-order valence-electron chi connectivity index (χ3n) is 2.59. The first-order chi connectivity index (χ1) is 8.16. The van der Waals surface area contributed by atoms with E-state index in [-0.39, 0.29) is 0 Å². The molecule has 6 heteroatoms. The summed E-state index contributed by atoms with van der Waals surface area (Å²) in [5, 5.41) is 15.6. The maximum Gasteiger partial charge on any atom is 0.146 e. The van der Waals surface area contributed by atoms with Crippen LogP contribution in [-0.2, 0) is 20.1 Å². The van der Waals surface area contributed by atoms with Gasteiger partial charge in [0.05, 0.1) is 12.2 Å². The van der Waals surface area contributed by atoms with Crippen LogP contribution in [0.5, 0.6) is 0 Å².